The van der Waals surface area contributed by atoms with Gasteiger partial charge in [0.25, 0.3) is 0 Å². The Morgan fingerprint density at radius 1 is 0.935 bits per heavy atom. The molecule has 0 amide bonds. The molecule has 1 fully saturated rings. The summed E-state index contributed by atoms with van der Waals surface area (Å²) in [7, 11) is 0. The number of hydrogen-bond donors (Lipinski definition) is 1. The number of ether oxygens (including phenoxy) is 1. The Kier molecular flexibility index (Phi) is 4.87. The van der Waals surface area contributed by atoms with E-state index in [1.165, 1.54) is 11.1 Å². The molecule has 1 heterocycles. The molecule has 0 saturated heterocycles. The first-order valence-corrected chi connectivity index (χ1v) is 10.8. The molecular formula is C27H27N3O. The number of nitrogens with two attached hydrogens (primary N) is 1. The molecule has 1 aromatic heterocycles. The van der Waals surface area contributed by atoms with Gasteiger partial charge < -0.3 is 10.5 Å². The van der Waals surface area contributed by atoms with Crippen molar-refractivity contribution in [2.45, 2.75) is 38.3 Å². The molecule has 0 spiro atoms. The van der Waals surface area contributed by atoms with Gasteiger partial charge in [-0.25, -0.2) is 4.98 Å². The predicted molar refractivity (Wildman–Crippen MR) is 127 cm³/mol. The summed E-state index contributed by atoms with van der Waals surface area (Å²) in [5.74, 6) is 0.877. The van der Waals surface area contributed by atoms with Crippen LogP contribution < -0.4 is 10.5 Å². The van der Waals surface area contributed by atoms with E-state index in [9.17, 15) is 0 Å². The van der Waals surface area contributed by atoms with Crippen molar-refractivity contribution in [1.29, 1.82) is 0 Å². The maximum atomic E-state index is 6.27. The van der Waals surface area contributed by atoms with E-state index in [-0.39, 0.29) is 11.6 Å². The Labute approximate surface area is 183 Å². The summed E-state index contributed by atoms with van der Waals surface area (Å²) in [6, 6.07) is 23.0. The molecule has 4 nitrogen and oxygen atoms in total. The molecule has 0 bridgehead atoms. The maximum Gasteiger partial charge on any atom is 0.119 e. The normalized spacial score (nSPS) is 15.1. The molecule has 1 saturated carbocycles. The van der Waals surface area contributed by atoms with E-state index < -0.39 is 0 Å². The fraction of sp³-hybridized carbons (Fsp3) is 0.222. The number of rotatable bonds is 6. The molecule has 31 heavy (non-hydrogen) atoms. The molecular weight excluding hydrogens is 382 g/mol. The lowest BCUT2D eigenvalue weighted by molar-refractivity contribution is 0.242. The fourth-order valence-corrected chi connectivity index (χ4v) is 3.84. The van der Waals surface area contributed by atoms with Crippen LogP contribution in [-0.2, 0) is 5.54 Å². The molecule has 156 valence electrons. The zero-order valence-corrected chi connectivity index (χ0v) is 18.0. The summed E-state index contributed by atoms with van der Waals surface area (Å²) in [5.41, 5.74) is 12.8. The second-order valence-electron chi connectivity index (χ2n) is 8.63. The van der Waals surface area contributed by atoms with E-state index in [0.717, 1.165) is 40.9 Å². The molecule has 0 atom stereocenters. The van der Waals surface area contributed by atoms with Crippen LogP contribution in [0.3, 0.4) is 0 Å². The highest BCUT2D eigenvalue weighted by atomic mass is 16.5. The number of hydrogen-bond acceptors (Lipinski definition) is 3. The first kappa shape index (κ1) is 19.6. The van der Waals surface area contributed by atoms with E-state index in [4.69, 9.17) is 10.5 Å². The predicted octanol–water partition coefficient (Wildman–Crippen LogP) is 5.93. The van der Waals surface area contributed by atoms with Crippen LogP contribution in [0.15, 0.2) is 73.1 Å². The fourth-order valence-electron chi connectivity index (χ4n) is 3.84. The van der Waals surface area contributed by atoms with Gasteiger partial charge in [-0.1, -0.05) is 42.5 Å². The van der Waals surface area contributed by atoms with E-state index in [0.29, 0.717) is 0 Å². The number of benzene rings is 3. The molecule has 0 radical (unpaired) electrons. The van der Waals surface area contributed by atoms with Crippen molar-refractivity contribution in [3.05, 3.63) is 89.7 Å². The van der Waals surface area contributed by atoms with Crippen molar-refractivity contribution in [1.82, 2.24) is 9.55 Å². The van der Waals surface area contributed by atoms with Gasteiger partial charge in [0, 0.05) is 11.2 Å². The lowest BCUT2D eigenvalue weighted by atomic mass is 10.0. The Hall–Kier alpha value is -3.37. The SMILES string of the molecule is CC(C)Oc1ccc(-n2cnc3cc(C=Cc4ccc(C5(N)CC5)cc4)ccc32)cc1. The molecule has 4 aromatic rings. The number of fused-ring (bicyclic) bond motifs is 1. The van der Waals surface area contributed by atoms with Gasteiger partial charge in [0.2, 0.25) is 0 Å². The zero-order valence-electron chi connectivity index (χ0n) is 18.0. The highest BCUT2D eigenvalue weighted by Gasteiger charge is 2.39. The summed E-state index contributed by atoms with van der Waals surface area (Å²) in [5, 5.41) is 0. The van der Waals surface area contributed by atoms with Crippen LogP contribution in [-0.4, -0.2) is 15.7 Å². The maximum absolute atomic E-state index is 6.27. The number of aromatic nitrogens is 2. The van der Waals surface area contributed by atoms with Gasteiger partial charge in [0.15, 0.2) is 0 Å². The number of nitrogens with zero attached hydrogens (tertiary/aromatic N) is 2. The van der Waals surface area contributed by atoms with E-state index in [2.05, 4.69) is 76.3 Å². The Morgan fingerprint density at radius 3 is 2.29 bits per heavy atom. The average molecular weight is 410 g/mol. The van der Waals surface area contributed by atoms with E-state index in [1.807, 2.05) is 32.3 Å². The standard InChI is InChI=1S/C27H27N3O/c1-19(2)31-24-12-10-23(11-13-24)30-18-29-25-17-21(7-14-26(25)30)4-3-20-5-8-22(9-6-20)27(28)15-16-27/h3-14,17-19H,15-16,28H2,1-2H3. The molecule has 0 aliphatic heterocycles. The minimum Gasteiger partial charge on any atom is -0.491 e. The van der Waals surface area contributed by atoms with Crippen molar-refractivity contribution in [2.75, 3.05) is 0 Å². The third-order valence-electron chi connectivity index (χ3n) is 5.80. The Morgan fingerprint density at radius 2 is 1.61 bits per heavy atom. The smallest absolute Gasteiger partial charge is 0.119 e. The van der Waals surface area contributed by atoms with Crippen molar-refractivity contribution in [3.8, 4) is 11.4 Å². The van der Waals surface area contributed by atoms with Gasteiger partial charge in [-0.05, 0) is 79.8 Å². The number of imidazole rings is 1. The highest BCUT2D eigenvalue weighted by molar-refractivity contribution is 5.82. The van der Waals surface area contributed by atoms with Crippen molar-refractivity contribution in [3.63, 3.8) is 0 Å². The lowest BCUT2D eigenvalue weighted by Crippen LogP contribution is -2.18. The first-order valence-electron chi connectivity index (χ1n) is 10.8. The van der Waals surface area contributed by atoms with Crippen LogP contribution >= 0.6 is 0 Å². The average Bonchev–Trinajstić information content (AvgIpc) is 3.39. The molecule has 5 rings (SSSR count). The summed E-state index contributed by atoms with van der Waals surface area (Å²) in [6.07, 6.45) is 8.47. The van der Waals surface area contributed by atoms with Gasteiger partial charge in [-0.3, -0.25) is 4.57 Å². The second kappa shape index (κ2) is 7.71. The second-order valence-corrected chi connectivity index (χ2v) is 8.63. The lowest BCUT2D eigenvalue weighted by Gasteiger charge is -2.10. The van der Waals surface area contributed by atoms with Crippen molar-refractivity contribution in [2.24, 2.45) is 5.73 Å². The van der Waals surface area contributed by atoms with Gasteiger partial charge in [0.05, 0.1) is 17.1 Å². The monoisotopic (exact) mass is 409 g/mol. The quantitative estimate of drug-likeness (QED) is 0.402. The van der Waals surface area contributed by atoms with Crippen LogP contribution in [0.25, 0.3) is 28.9 Å². The van der Waals surface area contributed by atoms with E-state index >= 15 is 0 Å². The van der Waals surface area contributed by atoms with Gasteiger partial charge in [0.1, 0.15) is 12.1 Å². The van der Waals surface area contributed by atoms with Crippen molar-refractivity contribution < 1.29 is 4.74 Å². The summed E-state index contributed by atoms with van der Waals surface area (Å²) in [4.78, 5) is 4.61. The van der Waals surface area contributed by atoms with Gasteiger partial charge in [-0.2, -0.15) is 0 Å². The molecule has 2 N–H and O–H groups in total. The summed E-state index contributed by atoms with van der Waals surface area (Å²) >= 11 is 0. The van der Waals surface area contributed by atoms with E-state index in [1.54, 1.807) is 0 Å². The highest BCUT2D eigenvalue weighted by Crippen LogP contribution is 2.42. The topological polar surface area (TPSA) is 53.1 Å². The molecule has 1 aliphatic carbocycles. The first-order chi connectivity index (χ1) is 15.0. The summed E-state index contributed by atoms with van der Waals surface area (Å²) in [6.45, 7) is 4.06. The molecule has 1 aliphatic rings. The molecule has 4 heteroatoms. The largest absolute Gasteiger partial charge is 0.491 e. The van der Waals surface area contributed by atoms with Crippen LogP contribution in [0.1, 0.15) is 43.4 Å². The van der Waals surface area contributed by atoms with Crippen molar-refractivity contribution >= 4 is 23.2 Å². The van der Waals surface area contributed by atoms with Gasteiger partial charge in [-0.15, -0.1) is 0 Å². The van der Waals surface area contributed by atoms with Crippen LogP contribution in [0.4, 0.5) is 0 Å². The minimum absolute atomic E-state index is 0.0755. The summed E-state index contributed by atoms with van der Waals surface area (Å²) < 4.78 is 7.84. The van der Waals surface area contributed by atoms with Gasteiger partial charge >= 0.3 is 0 Å². The Bertz CT molecular complexity index is 1230. The molecule has 0 unspecified atom stereocenters. The zero-order chi connectivity index (χ0) is 21.4. The van der Waals surface area contributed by atoms with Crippen LogP contribution in [0.5, 0.6) is 5.75 Å². The third-order valence-corrected chi connectivity index (χ3v) is 5.80. The third kappa shape index (κ3) is 4.12. The minimum atomic E-state index is -0.0755. The van der Waals surface area contributed by atoms with Crippen LogP contribution in [0.2, 0.25) is 0 Å². The molecule has 3 aromatic carbocycles. The van der Waals surface area contributed by atoms with Crippen LogP contribution in [0, 0.1) is 0 Å². The Balaban J connectivity index is 1.34.